The Kier molecular flexibility index (Phi) is 1.41. The maximum atomic E-state index is 3.79. The van der Waals surface area contributed by atoms with E-state index in [-0.39, 0.29) is 0 Å². The minimum Gasteiger partial charge on any atom is -0.162 e. The molecule has 1 aliphatic heterocycles. The fourth-order valence-electron chi connectivity index (χ4n) is 0.341. The Morgan fingerprint density at radius 2 is 2.57 bits per heavy atom. The molecule has 0 N–H and O–H groups in total. The van der Waals surface area contributed by atoms with Crippen LogP contribution >= 0.6 is 22.6 Å². The summed E-state index contributed by atoms with van der Waals surface area (Å²) in [6, 6.07) is 0. The van der Waals surface area contributed by atoms with Gasteiger partial charge in [0.25, 0.3) is 0 Å². The second-order valence-electron chi connectivity index (χ2n) is 1.48. The molecule has 7 heavy (non-hydrogen) atoms. The molecule has 0 fully saturated rings. The van der Waals surface area contributed by atoms with Crippen LogP contribution in [0.25, 0.3) is 0 Å². The summed E-state index contributed by atoms with van der Waals surface area (Å²) in [5.41, 5.74) is 0. The van der Waals surface area contributed by atoms with Gasteiger partial charge in [-0.2, -0.15) is 5.10 Å². The second kappa shape index (κ2) is 1.90. The van der Waals surface area contributed by atoms with Crippen LogP contribution in [0.15, 0.2) is 10.2 Å². The Balaban J connectivity index is 2.69. The van der Waals surface area contributed by atoms with E-state index in [4.69, 9.17) is 0 Å². The van der Waals surface area contributed by atoms with Crippen LogP contribution in [0, 0.1) is 5.92 Å². The Labute approximate surface area is 55.9 Å². The lowest BCUT2D eigenvalue weighted by Gasteiger charge is -1.88. The zero-order valence-corrected chi connectivity index (χ0v) is 6.08. The molecule has 0 spiro atoms. The molecule has 1 heterocycles. The highest BCUT2D eigenvalue weighted by atomic mass is 127. The van der Waals surface area contributed by atoms with E-state index >= 15 is 0 Å². The van der Waals surface area contributed by atoms with E-state index in [1.165, 1.54) is 0 Å². The molecule has 2 nitrogen and oxygen atoms in total. The first-order chi connectivity index (χ1) is 3.30. The SMILES string of the molecule is C[C@H]1C=NN=C1I. The van der Waals surface area contributed by atoms with Gasteiger partial charge in [-0.25, -0.2) is 0 Å². The molecule has 0 radical (unpaired) electrons. The van der Waals surface area contributed by atoms with Gasteiger partial charge in [0.15, 0.2) is 0 Å². The van der Waals surface area contributed by atoms with Crippen molar-refractivity contribution in [1.82, 2.24) is 0 Å². The molecular formula is C4H5IN2. The summed E-state index contributed by atoms with van der Waals surface area (Å²) < 4.78 is 1.08. The second-order valence-corrected chi connectivity index (χ2v) is 2.58. The minimum absolute atomic E-state index is 0.459. The van der Waals surface area contributed by atoms with Crippen molar-refractivity contribution in [3.05, 3.63) is 0 Å². The number of halogens is 1. The van der Waals surface area contributed by atoms with E-state index in [0.29, 0.717) is 5.92 Å². The van der Waals surface area contributed by atoms with Crippen LogP contribution < -0.4 is 0 Å². The first-order valence-electron chi connectivity index (χ1n) is 2.07. The summed E-state index contributed by atoms with van der Waals surface area (Å²) in [5.74, 6) is 0.459. The normalized spacial score (nSPS) is 28.3. The Bertz CT molecular complexity index is 128. The molecule has 1 rings (SSSR count). The Morgan fingerprint density at radius 3 is 2.71 bits per heavy atom. The summed E-state index contributed by atoms with van der Waals surface area (Å²) in [4.78, 5) is 0. The quantitative estimate of drug-likeness (QED) is 0.538. The van der Waals surface area contributed by atoms with E-state index in [9.17, 15) is 0 Å². The standard InChI is InChI=1S/C4H5IN2/c1-3-2-6-7-4(3)5/h2-3H,1H3/t3-/m0/s1. The van der Waals surface area contributed by atoms with Crippen LogP contribution in [0.1, 0.15) is 6.92 Å². The fraction of sp³-hybridized carbons (Fsp3) is 0.500. The third kappa shape index (κ3) is 0.992. The van der Waals surface area contributed by atoms with Crippen LogP contribution in [-0.2, 0) is 0 Å². The van der Waals surface area contributed by atoms with Crippen molar-refractivity contribution in [2.24, 2.45) is 16.1 Å². The van der Waals surface area contributed by atoms with Gasteiger partial charge in [0, 0.05) is 12.1 Å². The van der Waals surface area contributed by atoms with Gasteiger partial charge in [-0.1, -0.05) is 6.92 Å². The number of rotatable bonds is 0. The molecule has 1 atom stereocenters. The lowest BCUT2D eigenvalue weighted by molar-refractivity contribution is 1.14. The molecule has 0 aromatic heterocycles. The van der Waals surface area contributed by atoms with Gasteiger partial charge < -0.3 is 0 Å². The fourth-order valence-corrected chi connectivity index (χ4v) is 0.626. The zero-order valence-electron chi connectivity index (χ0n) is 3.93. The van der Waals surface area contributed by atoms with Gasteiger partial charge in [-0.15, -0.1) is 5.10 Å². The molecule has 38 valence electrons. The number of hydrogen-bond acceptors (Lipinski definition) is 2. The van der Waals surface area contributed by atoms with Gasteiger partial charge >= 0.3 is 0 Å². The maximum absolute atomic E-state index is 3.79. The molecule has 1 aliphatic rings. The molecule has 0 amide bonds. The molecule has 3 heteroatoms. The minimum atomic E-state index is 0.459. The van der Waals surface area contributed by atoms with Gasteiger partial charge in [0.05, 0.1) is 0 Å². The third-order valence-corrected chi connectivity index (χ3v) is 2.02. The van der Waals surface area contributed by atoms with Crippen LogP contribution in [0.3, 0.4) is 0 Å². The van der Waals surface area contributed by atoms with Crippen molar-refractivity contribution in [3.63, 3.8) is 0 Å². The number of nitrogens with zero attached hydrogens (tertiary/aromatic N) is 2. The van der Waals surface area contributed by atoms with Crippen molar-refractivity contribution in [2.75, 3.05) is 0 Å². The summed E-state index contributed by atoms with van der Waals surface area (Å²) in [6.07, 6.45) is 1.84. The van der Waals surface area contributed by atoms with E-state index in [0.717, 1.165) is 3.72 Å². The molecule has 0 aromatic rings. The van der Waals surface area contributed by atoms with E-state index in [1.54, 1.807) is 0 Å². The van der Waals surface area contributed by atoms with Crippen molar-refractivity contribution < 1.29 is 0 Å². The maximum Gasteiger partial charge on any atom is 0.109 e. The molecule has 0 unspecified atom stereocenters. The third-order valence-electron chi connectivity index (χ3n) is 0.819. The van der Waals surface area contributed by atoms with Gasteiger partial charge in [0.2, 0.25) is 0 Å². The van der Waals surface area contributed by atoms with Crippen molar-refractivity contribution >= 4 is 32.5 Å². The summed E-state index contributed by atoms with van der Waals surface area (Å²) >= 11 is 2.18. The van der Waals surface area contributed by atoms with Gasteiger partial charge in [-0.05, 0) is 22.6 Å². The van der Waals surface area contributed by atoms with E-state index in [1.807, 2.05) is 6.21 Å². The van der Waals surface area contributed by atoms with Crippen LogP contribution in [0.4, 0.5) is 0 Å². The predicted molar refractivity (Wildman–Crippen MR) is 39.1 cm³/mol. The van der Waals surface area contributed by atoms with Gasteiger partial charge in [-0.3, -0.25) is 0 Å². The highest BCUT2D eigenvalue weighted by molar-refractivity contribution is 14.1. The Hall–Kier alpha value is 0.0700. The molecule has 0 bridgehead atoms. The highest BCUT2D eigenvalue weighted by Crippen LogP contribution is 2.08. The average molecular weight is 208 g/mol. The summed E-state index contributed by atoms with van der Waals surface area (Å²) in [6.45, 7) is 2.07. The van der Waals surface area contributed by atoms with Crippen molar-refractivity contribution in [3.8, 4) is 0 Å². The highest BCUT2D eigenvalue weighted by Gasteiger charge is 2.07. The van der Waals surface area contributed by atoms with Gasteiger partial charge in [0.1, 0.15) is 3.72 Å². The first-order valence-corrected chi connectivity index (χ1v) is 3.15. The van der Waals surface area contributed by atoms with Crippen LogP contribution in [0.5, 0.6) is 0 Å². The lowest BCUT2D eigenvalue weighted by atomic mass is 10.2. The molecule has 0 saturated heterocycles. The first kappa shape index (κ1) is 5.21. The molecule has 0 aromatic carbocycles. The molecular weight excluding hydrogens is 203 g/mol. The van der Waals surface area contributed by atoms with Crippen LogP contribution in [-0.4, -0.2) is 9.93 Å². The molecule has 0 saturated carbocycles. The smallest absolute Gasteiger partial charge is 0.109 e. The summed E-state index contributed by atoms with van der Waals surface area (Å²) in [7, 11) is 0. The topological polar surface area (TPSA) is 24.7 Å². The molecule has 0 aliphatic carbocycles. The monoisotopic (exact) mass is 208 g/mol. The lowest BCUT2D eigenvalue weighted by Crippen LogP contribution is -1.97. The van der Waals surface area contributed by atoms with E-state index in [2.05, 4.69) is 39.7 Å². The zero-order chi connectivity index (χ0) is 5.28. The van der Waals surface area contributed by atoms with Crippen LogP contribution in [0.2, 0.25) is 0 Å². The summed E-state index contributed by atoms with van der Waals surface area (Å²) in [5, 5.41) is 7.49. The number of hydrogen-bond donors (Lipinski definition) is 0. The van der Waals surface area contributed by atoms with Crippen molar-refractivity contribution in [1.29, 1.82) is 0 Å². The predicted octanol–water partition coefficient (Wildman–Crippen LogP) is 1.46. The average Bonchev–Trinajstić information content (AvgIpc) is 1.91. The van der Waals surface area contributed by atoms with Crippen molar-refractivity contribution in [2.45, 2.75) is 6.92 Å². The van der Waals surface area contributed by atoms with E-state index < -0.39 is 0 Å². The largest absolute Gasteiger partial charge is 0.162 e. The Morgan fingerprint density at radius 1 is 1.86 bits per heavy atom.